The molecule has 110 valence electrons. The molecule has 0 spiro atoms. The van der Waals surface area contributed by atoms with Gasteiger partial charge in [-0.2, -0.15) is 0 Å². The number of rotatable bonds is 5. The average molecular weight is 279 g/mol. The zero-order chi connectivity index (χ0) is 15.3. The lowest BCUT2D eigenvalue weighted by Gasteiger charge is -2.15. The number of anilines is 1. The Morgan fingerprint density at radius 3 is 2.55 bits per heavy atom. The molecule has 0 aliphatic heterocycles. The molecule has 0 aromatic carbocycles. The van der Waals surface area contributed by atoms with E-state index in [1.54, 1.807) is 19.1 Å². The van der Waals surface area contributed by atoms with Gasteiger partial charge in [0.1, 0.15) is 12.2 Å². The van der Waals surface area contributed by atoms with Crippen molar-refractivity contribution in [3.63, 3.8) is 0 Å². The van der Waals surface area contributed by atoms with Gasteiger partial charge in [0.2, 0.25) is 11.8 Å². The highest BCUT2D eigenvalue weighted by Gasteiger charge is 2.12. The molecule has 0 unspecified atom stereocenters. The quantitative estimate of drug-likeness (QED) is 0.844. The van der Waals surface area contributed by atoms with E-state index in [1.807, 2.05) is 13.8 Å². The van der Waals surface area contributed by atoms with E-state index < -0.39 is 0 Å². The molecule has 1 atom stereocenters. The first-order valence-corrected chi connectivity index (χ1v) is 6.62. The highest BCUT2D eigenvalue weighted by molar-refractivity contribution is 5.88. The summed E-state index contributed by atoms with van der Waals surface area (Å²) in [5.74, 6) is -0.536. The van der Waals surface area contributed by atoms with Crippen molar-refractivity contribution < 1.29 is 9.59 Å². The summed E-state index contributed by atoms with van der Waals surface area (Å²) in [7, 11) is 0. The number of carbonyl (C=O) groups excluding carboxylic acids is 2. The lowest BCUT2D eigenvalue weighted by molar-refractivity contribution is -0.122. The summed E-state index contributed by atoms with van der Waals surface area (Å²) >= 11 is 0. The van der Waals surface area contributed by atoms with Crippen LogP contribution in [0.25, 0.3) is 0 Å². The predicted octanol–water partition coefficient (Wildman–Crippen LogP) is 1.03. The van der Waals surface area contributed by atoms with Crippen molar-refractivity contribution in [2.24, 2.45) is 0 Å². The van der Waals surface area contributed by atoms with E-state index in [1.165, 1.54) is 11.5 Å². The van der Waals surface area contributed by atoms with Crippen LogP contribution in [-0.4, -0.2) is 22.4 Å². The summed E-state index contributed by atoms with van der Waals surface area (Å²) in [6.45, 7) is 6.90. The lowest BCUT2D eigenvalue weighted by Crippen LogP contribution is -2.38. The van der Waals surface area contributed by atoms with Gasteiger partial charge in [0, 0.05) is 18.7 Å². The molecule has 0 aliphatic carbocycles. The first-order chi connectivity index (χ1) is 9.35. The number of pyridine rings is 1. The molecular weight excluding hydrogens is 258 g/mol. The second kappa shape index (κ2) is 6.88. The summed E-state index contributed by atoms with van der Waals surface area (Å²) in [4.78, 5) is 35.1. The topological polar surface area (TPSA) is 80.2 Å². The van der Waals surface area contributed by atoms with Gasteiger partial charge < -0.3 is 15.2 Å². The maximum Gasteiger partial charge on any atom is 0.274 e. The summed E-state index contributed by atoms with van der Waals surface area (Å²) < 4.78 is 1.35. The number of nitrogens with one attached hydrogen (secondary N) is 2. The van der Waals surface area contributed by atoms with Crippen molar-refractivity contribution in [1.82, 2.24) is 9.88 Å². The maximum absolute atomic E-state index is 12.2. The number of aryl methyl sites for hydroxylation is 1. The Morgan fingerprint density at radius 1 is 1.35 bits per heavy atom. The molecule has 0 radical (unpaired) electrons. The Balaban J connectivity index is 2.97. The molecule has 1 aromatic rings. The van der Waals surface area contributed by atoms with Gasteiger partial charge in [-0.1, -0.05) is 6.92 Å². The minimum absolute atomic E-state index is 0.0531. The third kappa shape index (κ3) is 4.22. The van der Waals surface area contributed by atoms with Crippen LogP contribution >= 0.6 is 0 Å². The van der Waals surface area contributed by atoms with Crippen LogP contribution in [0.2, 0.25) is 0 Å². The zero-order valence-electron chi connectivity index (χ0n) is 12.3. The second-order valence-electron chi connectivity index (χ2n) is 4.84. The normalized spacial score (nSPS) is 11.8. The second-order valence-corrected chi connectivity index (χ2v) is 4.84. The summed E-state index contributed by atoms with van der Waals surface area (Å²) in [6, 6.07) is 3.31. The van der Waals surface area contributed by atoms with Gasteiger partial charge in [-0.05, 0) is 32.4 Å². The van der Waals surface area contributed by atoms with Crippen LogP contribution in [0, 0.1) is 6.92 Å². The molecule has 0 fully saturated rings. The molecule has 1 aromatic heterocycles. The van der Waals surface area contributed by atoms with Crippen LogP contribution in [-0.2, 0) is 16.1 Å². The highest BCUT2D eigenvalue weighted by atomic mass is 16.2. The van der Waals surface area contributed by atoms with Crippen molar-refractivity contribution in [2.45, 2.75) is 46.7 Å². The third-order valence-corrected chi connectivity index (χ3v) is 3.02. The summed E-state index contributed by atoms with van der Waals surface area (Å²) in [5, 5.41) is 5.27. The molecule has 1 rings (SSSR count). The Labute approximate surface area is 118 Å². The van der Waals surface area contributed by atoms with Gasteiger partial charge in [0.05, 0.1) is 0 Å². The third-order valence-electron chi connectivity index (χ3n) is 3.02. The first-order valence-electron chi connectivity index (χ1n) is 6.62. The Bertz CT molecular complexity index is 563. The maximum atomic E-state index is 12.2. The SMILES string of the molecule is CC[C@H](C)NC(=O)Cn1c(C)ccc(NC(C)=O)c1=O. The van der Waals surface area contributed by atoms with E-state index in [4.69, 9.17) is 0 Å². The number of hydrogen-bond donors (Lipinski definition) is 2. The Hall–Kier alpha value is -2.11. The van der Waals surface area contributed by atoms with Gasteiger partial charge in [0.25, 0.3) is 5.56 Å². The van der Waals surface area contributed by atoms with E-state index in [-0.39, 0.29) is 35.6 Å². The average Bonchev–Trinajstić information content (AvgIpc) is 2.37. The number of aromatic nitrogens is 1. The monoisotopic (exact) mass is 279 g/mol. The van der Waals surface area contributed by atoms with Crippen molar-refractivity contribution in [1.29, 1.82) is 0 Å². The van der Waals surface area contributed by atoms with E-state index in [9.17, 15) is 14.4 Å². The van der Waals surface area contributed by atoms with Crippen molar-refractivity contribution in [3.8, 4) is 0 Å². The summed E-state index contributed by atoms with van der Waals surface area (Å²) in [5.41, 5.74) is 0.474. The molecule has 0 aliphatic rings. The van der Waals surface area contributed by atoms with Crippen LogP contribution in [0.1, 0.15) is 32.9 Å². The zero-order valence-corrected chi connectivity index (χ0v) is 12.3. The Kier molecular flexibility index (Phi) is 5.49. The molecule has 0 saturated heterocycles. The van der Waals surface area contributed by atoms with Gasteiger partial charge >= 0.3 is 0 Å². The van der Waals surface area contributed by atoms with Crippen molar-refractivity contribution in [2.75, 3.05) is 5.32 Å². The molecule has 2 amide bonds. The van der Waals surface area contributed by atoms with E-state index in [0.29, 0.717) is 5.69 Å². The molecule has 6 heteroatoms. The first kappa shape index (κ1) is 15.9. The van der Waals surface area contributed by atoms with Crippen LogP contribution in [0.3, 0.4) is 0 Å². The molecule has 1 heterocycles. The number of nitrogens with zero attached hydrogens (tertiary/aromatic N) is 1. The molecule has 2 N–H and O–H groups in total. The number of hydrogen-bond acceptors (Lipinski definition) is 3. The van der Waals surface area contributed by atoms with E-state index >= 15 is 0 Å². The van der Waals surface area contributed by atoms with E-state index in [2.05, 4.69) is 10.6 Å². The molecular formula is C14H21N3O3. The lowest BCUT2D eigenvalue weighted by atomic mass is 10.2. The molecule has 0 bridgehead atoms. The highest BCUT2D eigenvalue weighted by Crippen LogP contribution is 2.03. The van der Waals surface area contributed by atoms with E-state index in [0.717, 1.165) is 6.42 Å². The van der Waals surface area contributed by atoms with Gasteiger partial charge in [0.15, 0.2) is 0 Å². The standard InChI is InChI=1S/C14H21N3O3/c1-5-9(2)15-13(19)8-17-10(3)6-7-12(14(17)20)16-11(4)18/h6-7,9H,5,8H2,1-4H3,(H,15,19)(H,16,18)/t9-/m0/s1. The predicted molar refractivity (Wildman–Crippen MR) is 77.6 cm³/mol. The molecule has 0 saturated carbocycles. The minimum atomic E-state index is -0.375. The van der Waals surface area contributed by atoms with Crippen LogP contribution in [0.5, 0.6) is 0 Å². The number of carbonyl (C=O) groups is 2. The fraction of sp³-hybridized carbons (Fsp3) is 0.500. The van der Waals surface area contributed by atoms with Crippen LogP contribution < -0.4 is 16.2 Å². The molecule has 20 heavy (non-hydrogen) atoms. The summed E-state index contributed by atoms with van der Waals surface area (Å²) in [6.07, 6.45) is 0.825. The number of amides is 2. The van der Waals surface area contributed by atoms with Crippen LogP contribution in [0.4, 0.5) is 5.69 Å². The molecule has 6 nitrogen and oxygen atoms in total. The van der Waals surface area contributed by atoms with Gasteiger partial charge in [-0.3, -0.25) is 14.4 Å². The van der Waals surface area contributed by atoms with Crippen molar-refractivity contribution in [3.05, 3.63) is 28.2 Å². The van der Waals surface area contributed by atoms with Crippen LogP contribution in [0.15, 0.2) is 16.9 Å². The Morgan fingerprint density at radius 2 is 2.00 bits per heavy atom. The minimum Gasteiger partial charge on any atom is -0.352 e. The van der Waals surface area contributed by atoms with Gasteiger partial charge in [-0.15, -0.1) is 0 Å². The largest absolute Gasteiger partial charge is 0.352 e. The fourth-order valence-electron chi connectivity index (χ4n) is 1.72. The fourth-order valence-corrected chi connectivity index (χ4v) is 1.72. The smallest absolute Gasteiger partial charge is 0.274 e. The van der Waals surface area contributed by atoms with Crippen molar-refractivity contribution >= 4 is 17.5 Å². The van der Waals surface area contributed by atoms with Gasteiger partial charge in [-0.25, -0.2) is 0 Å².